The predicted molar refractivity (Wildman–Crippen MR) is 80.9 cm³/mol. The highest BCUT2D eigenvalue weighted by molar-refractivity contribution is 5.95. The van der Waals surface area contributed by atoms with E-state index in [0.29, 0.717) is 6.08 Å². The molecule has 1 atom stereocenters. The number of nitro benzene ring substituents is 1. The van der Waals surface area contributed by atoms with Crippen LogP contribution in [-0.2, 0) is 0 Å². The molecule has 1 aliphatic rings. The maximum atomic E-state index is 13.4. The van der Waals surface area contributed by atoms with Gasteiger partial charge in [0, 0.05) is 23.4 Å². The van der Waals surface area contributed by atoms with Crippen LogP contribution in [0.25, 0.3) is 0 Å². The van der Waals surface area contributed by atoms with E-state index < -0.39 is 28.4 Å². The van der Waals surface area contributed by atoms with E-state index >= 15 is 0 Å². The number of rotatable bonds is 4. The molecule has 1 aliphatic heterocycles. The van der Waals surface area contributed by atoms with Gasteiger partial charge < -0.3 is 5.11 Å². The van der Waals surface area contributed by atoms with Crippen molar-refractivity contribution in [2.75, 3.05) is 0 Å². The molecule has 0 aliphatic carbocycles. The third-order valence-electron chi connectivity index (χ3n) is 3.52. The molecule has 1 aromatic rings. The van der Waals surface area contributed by atoms with Crippen molar-refractivity contribution in [1.29, 1.82) is 0 Å². The first-order valence-corrected chi connectivity index (χ1v) is 7.32. The molecule has 2 N–H and O–H groups in total. The summed E-state index contributed by atoms with van der Waals surface area (Å²) in [6.07, 6.45) is -4.44. The van der Waals surface area contributed by atoms with Gasteiger partial charge in [-0.1, -0.05) is 19.9 Å². The fourth-order valence-electron chi connectivity index (χ4n) is 2.41. The van der Waals surface area contributed by atoms with Gasteiger partial charge in [-0.05, 0) is 24.5 Å². The molecule has 1 heterocycles. The molecule has 10 heteroatoms. The van der Waals surface area contributed by atoms with Gasteiger partial charge in [-0.2, -0.15) is 13.2 Å². The zero-order valence-electron chi connectivity index (χ0n) is 13.4. The summed E-state index contributed by atoms with van der Waals surface area (Å²) >= 11 is 0. The molecule has 0 unspecified atom stereocenters. The van der Waals surface area contributed by atoms with Crippen LogP contribution in [0.15, 0.2) is 36.0 Å². The first-order chi connectivity index (χ1) is 11.5. The fourth-order valence-corrected chi connectivity index (χ4v) is 2.41. The fraction of sp³-hybridized carbons (Fsp3) is 0.400. The Morgan fingerprint density at radius 1 is 1.44 bits per heavy atom. The van der Waals surface area contributed by atoms with Gasteiger partial charge in [0.2, 0.25) is 0 Å². The van der Waals surface area contributed by atoms with Crippen LogP contribution in [0, 0.1) is 16.0 Å². The molecule has 0 radical (unpaired) electrons. The minimum Gasteiger partial charge on any atom is -0.359 e. The lowest BCUT2D eigenvalue weighted by molar-refractivity contribution is -0.384. The van der Waals surface area contributed by atoms with Crippen LogP contribution in [0.2, 0.25) is 0 Å². The van der Waals surface area contributed by atoms with Crippen molar-refractivity contribution in [3.63, 3.8) is 0 Å². The number of benzene rings is 1. The second-order valence-corrected chi connectivity index (χ2v) is 6.05. The lowest BCUT2D eigenvalue weighted by Crippen LogP contribution is -2.60. The van der Waals surface area contributed by atoms with E-state index in [4.69, 9.17) is 0 Å². The molecule has 0 bridgehead atoms. The molecule has 2 rings (SSSR count). The molecule has 0 saturated heterocycles. The Balaban J connectivity index is 2.41. The third kappa shape index (κ3) is 3.58. The van der Waals surface area contributed by atoms with Crippen LogP contribution < -0.4 is 5.43 Å². The number of allylic oxidation sites excluding steroid dienone is 1. The minimum absolute atomic E-state index is 0.0240. The molecule has 7 nitrogen and oxygen atoms in total. The standard InChI is InChI=1S/C15H16F3N3O4/c1-9(2)6-11-8-14(23,15(16,17)18)20(19-11)13(22)10-4-3-5-12(7-10)21(24)25/h3-5,7-9,19,23H,6H2,1-2H3/t14-/m0/s1. The zero-order valence-corrected chi connectivity index (χ0v) is 13.4. The van der Waals surface area contributed by atoms with E-state index in [-0.39, 0.29) is 28.6 Å². The summed E-state index contributed by atoms with van der Waals surface area (Å²) in [5.74, 6) is -1.26. The Bertz CT molecular complexity index is 733. The monoisotopic (exact) mass is 359 g/mol. The second-order valence-electron chi connectivity index (χ2n) is 6.05. The minimum atomic E-state index is -5.16. The van der Waals surface area contributed by atoms with Crippen molar-refractivity contribution < 1.29 is 28.0 Å². The summed E-state index contributed by atoms with van der Waals surface area (Å²) in [5, 5.41) is 20.9. The quantitative estimate of drug-likeness (QED) is 0.637. The molecular formula is C15H16F3N3O4. The highest BCUT2D eigenvalue weighted by Crippen LogP contribution is 2.39. The maximum Gasteiger partial charge on any atom is 0.442 e. The predicted octanol–water partition coefficient (Wildman–Crippen LogP) is 2.74. The van der Waals surface area contributed by atoms with Gasteiger partial charge in [0.05, 0.1) is 4.92 Å². The molecule has 1 amide bonds. The van der Waals surface area contributed by atoms with Crippen LogP contribution in [0.3, 0.4) is 0 Å². The molecule has 0 aromatic heterocycles. The van der Waals surface area contributed by atoms with Crippen LogP contribution in [0.1, 0.15) is 30.6 Å². The van der Waals surface area contributed by atoms with Crippen LogP contribution >= 0.6 is 0 Å². The molecule has 136 valence electrons. The van der Waals surface area contributed by atoms with E-state index in [9.17, 15) is 33.2 Å². The number of nitro groups is 1. The van der Waals surface area contributed by atoms with Gasteiger partial charge in [-0.3, -0.25) is 20.3 Å². The lowest BCUT2D eigenvalue weighted by Gasteiger charge is -2.33. The largest absolute Gasteiger partial charge is 0.442 e. The smallest absolute Gasteiger partial charge is 0.359 e. The number of nitrogens with zero attached hydrogens (tertiary/aromatic N) is 2. The van der Waals surface area contributed by atoms with Crippen molar-refractivity contribution in [2.24, 2.45) is 5.92 Å². The van der Waals surface area contributed by atoms with Gasteiger partial charge >= 0.3 is 6.18 Å². The summed E-state index contributed by atoms with van der Waals surface area (Å²) in [5.41, 5.74) is -2.04. The number of hydrazine groups is 1. The van der Waals surface area contributed by atoms with Gasteiger partial charge in [-0.15, -0.1) is 0 Å². The summed E-state index contributed by atoms with van der Waals surface area (Å²) in [6, 6.07) is 4.26. The lowest BCUT2D eigenvalue weighted by atomic mass is 10.1. The highest BCUT2D eigenvalue weighted by atomic mass is 19.4. The van der Waals surface area contributed by atoms with Crippen molar-refractivity contribution in [1.82, 2.24) is 10.4 Å². The van der Waals surface area contributed by atoms with Crippen molar-refractivity contribution in [3.8, 4) is 0 Å². The summed E-state index contributed by atoms with van der Waals surface area (Å²) in [4.78, 5) is 22.5. The van der Waals surface area contributed by atoms with Gasteiger partial charge in [-0.25, -0.2) is 5.01 Å². The second kappa shape index (κ2) is 6.36. The van der Waals surface area contributed by atoms with E-state index in [1.165, 1.54) is 6.07 Å². The number of halogens is 3. The average molecular weight is 359 g/mol. The van der Waals surface area contributed by atoms with Crippen molar-refractivity contribution in [3.05, 3.63) is 51.7 Å². The molecule has 0 spiro atoms. The number of hydrogen-bond donors (Lipinski definition) is 2. The average Bonchev–Trinajstić information content (AvgIpc) is 2.83. The Hall–Kier alpha value is -2.62. The van der Waals surface area contributed by atoms with Crippen molar-refractivity contribution >= 4 is 11.6 Å². The molecule has 25 heavy (non-hydrogen) atoms. The normalized spacial score (nSPS) is 20.4. The number of hydrogen-bond acceptors (Lipinski definition) is 5. The number of aliphatic hydroxyl groups is 1. The van der Waals surface area contributed by atoms with Gasteiger partial charge in [0.25, 0.3) is 17.3 Å². The first-order valence-electron chi connectivity index (χ1n) is 7.32. The summed E-state index contributed by atoms with van der Waals surface area (Å²) in [7, 11) is 0. The first kappa shape index (κ1) is 18.7. The van der Waals surface area contributed by atoms with E-state index in [2.05, 4.69) is 5.43 Å². The Labute approximate surface area is 140 Å². The molecule has 0 fully saturated rings. The zero-order chi connectivity index (χ0) is 19.0. The van der Waals surface area contributed by atoms with Crippen molar-refractivity contribution in [2.45, 2.75) is 32.2 Å². The summed E-state index contributed by atoms with van der Waals surface area (Å²) < 4.78 is 40.1. The molecule has 1 aromatic carbocycles. The topological polar surface area (TPSA) is 95.7 Å². The van der Waals surface area contributed by atoms with E-state index in [0.717, 1.165) is 18.2 Å². The maximum absolute atomic E-state index is 13.4. The summed E-state index contributed by atoms with van der Waals surface area (Å²) in [6.45, 7) is 3.53. The highest BCUT2D eigenvalue weighted by Gasteiger charge is 2.61. The Kier molecular flexibility index (Phi) is 4.76. The van der Waals surface area contributed by atoms with Crippen LogP contribution in [-0.4, -0.2) is 32.8 Å². The number of alkyl halides is 3. The Morgan fingerprint density at radius 2 is 2.08 bits per heavy atom. The molecule has 0 saturated carbocycles. The van der Waals surface area contributed by atoms with Gasteiger partial charge in [0.15, 0.2) is 0 Å². The van der Waals surface area contributed by atoms with Crippen LogP contribution in [0.5, 0.6) is 0 Å². The van der Waals surface area contributed by atoms with Crippen LogP contribution in [0.4, 0.5) is 18.9 Å². The number of carbonyl (C=O) groups excluding carboxylic acids is 1. The third-order valence-corrected chi connectivity index (χ3v) is 3.52. The number of amides is 1. The number of carbonyl (C=O) groups is 1. The van der Waals surface area contributed by atoms with Gasteiger partial charge in [0.1, 0.15) is 0 Å². The molecular weight excluding hydrogens is 343 g/mol. The van der Waals surface area contributed by atoms with E-state index in [1.54, 1.807) is 13.8 Å². The number of non-ortho nitro benzene ring substituents is 1. The number of nitrogens with one attached hydrogen (secondary N) is 1. The Morgan fingerprint density at radius 3 is 2.60 bits per heavy atom. The van der Waals surface area contributed by atoms with E-state index in [1.807, 2.05) is 0 Å². The SMILES string of the molecule is CC(C)CC1=C[C@](O)(C(F)(F)F)N(C(=O)c2cccc([N+](=O)[O-])c2)N1.